The van der Waals surface area contributed by atoms with Crippen LogP contribution in [0.3, 0.4) is 0 Å². The highest BCUT2D eigenvalue weighted by molar-refractivity contribution is 5.98. The molecular weight excluding hydrogens is 446 g/mol. The number of oxime groups is 1. The molecule has 0 bridgehead atoms. The second-order valence-electron chi connectivity index (χ2n) is 9.16. The number of nitrogens with zero attached hydrogens (tertiary/aromatic N) is 2. The molecule has 2 aromatic rings. The molecule has 0 saturated carbocycles. The van der Waals surface area contributed by atoms with Gasteiger partial charge in [0.2, 0.25) is 0 Å². The molecule has 0 atom stereocenters. The third-order valence-electron chi connectivity index (χ3n) is 6.20. The molecular formula is C28H34ClN3O2. The lowest BCUT2D eigenvalue weighted by molar-refractivity contribution is 0.0949. The van der Waals surface area contributed by atoms with Crippen LogP contribution in [-0.4, -0.2) is 42.4 Å². The molecule has 2 aromatic carbocycles. The van der Waals surface area contributed by atoms with Gasteiger partial charge in [-0.05, 0) is 58.2 Å². The van der Waals surface area contributed by atoms with Crippen LogP contribution in [0.5, 0.6) is 0 Å². The number of benzene rings is 2. The Morgan fingerprint density at radius 1 is 1.15 bits per heavy atom. The van der Waals surface area contributed by atoms with Crippen LogP contribution in [0.15, 0.2) is 47.6 Å². The molecule has 2 aliphatic carbocycles. The summed E-state index contributed by atoms with van der Waals surface area (Å²) in [7, 11) is 0. The fraction of sp³-hybridized carbons (Fsp3) is 0.357. The van der Waals surface area contributed by atoms with Crippen molar-refractivity contribution in [3.63, 3.8) is 0 Å². The quantitative estimate of drug-likeness (QED) is 0.343. The van der Waals surface area contributed by atoms with E-state index in [0.717, 1.165) is 13.0 Å². The highest BCUT2D eigenvalue weighted by atomic mass is 35.5. The summed E-state index contributed by atoms with van der Waals surface area (Å²) in [5.41, 5.74) is 3.83. The Hall–Kier alpha value is -2.89. The van der Waals surface area contributed by atoms with Crippen molar-refractivity contribution in [2.75, 3.05) is 13.1 Å². The van der Waals surface area contributed by atoms with Gasteiger partial charge in [0.1, 0.15) is 0 Å². The van der Waals surface area contributed by atoms with Crippen LogP contribution in [-0.2, 0) is 11.3 Å². The van der Waals surface area contributed by atoms with Crippen LogP contribution < -0.4 is 15.8 Å². The van der Waals surface area contributed by atoms with Crippen LogP contribution in [0.1, 0.15) is 45.2 Å². The summed E-state index contributed by atoms with van der Waals surface area (Å²) >= 11 is 0. The molecule has 0 spiro atoms. The summed E-state index contributed by atoms with van der Waals surface area (Å²) in [6.07, 6.45) is 13.7. The van der Waals surface area contributed by atoms with Crippen molar-refractivity contribution >= 4 is 53.2 Å². The van der Waals surface area contributed by atoms with E-state index >= 15 is 0 Å². The number of carbonyl (C=O) groups is 1. The highest BCUT2D eigenvalue weighted by Gasteiger charge is 2.18. The Balaban J connectivity index is 0.00000324. The van der Waals surface area contributed by atoms with Crippen molar-refractivity contribution in [3.05, 3.63) is 64.1 Å². The molecule has 4 rings (SSSR count). The van der Waals surface area contributed by atoms with Gasteiger partial charge in [0.15, 0.2) is 0 Å². The van der Waals surface area contributed by atoms with Gasteiger partial charge in [-0.3, -0.25) is 4.84 Å². The molecule has 0 radical (unpaired) electrons. The number of hydrogen-bond donors (Lipinski definition) is 1. The Labute approximate surface area is 207 Å². The van der Waals surface area contributed by atoms with E-state index in [1.807, 2.05) is 13.8 Å². The minimum atomic E-state index is -0.416. The van der Waals surface area contributed by atoms with Gasteiger partial charge in [0, 0.05) is 37.8 Å². The van der Waals surface area contributed by atoms with Crippen LogP contribution in [0.2, 0.25) is 0 Å². The topological polar surface area (TPSA) is 53.9 Å². The molecule has 2 aliphatic rings. The molecule has 0 aliphatic heterocycles. The van der Waals surface area contributed by atoms with Crippen molar-refractivity contribution in [3.8, 4) is 0 Å². The maximum Gasteiger partial charge on any atom is 0.436 e. The SMILES string of the molecule is CC(C)NCCN(C(=O)ON=CCC1=c2ccc3c4c(ccc3c2C=C1)=CC=CC4)C(C)C.Cl. The maximum atomic E-state index is 12.5. The summed E-state index contributed by atoms with van der Waals surface area (Å²) in [6.45, 7) is 9.43. The van der Waals surface area contributed by atoms with Crippen LogP contribution in [0.25, 0.3) is 28.5 Å². The Bertz CT molecular complexity index is 1260. The lowest BCUT2D eigenvalue weighted by Crippen LogP contribution is -2.42. The smallest absolute Gasteiger partial charge is 0.313 e. The lowest BCUT2D eigenvalue weighted by Gasteiger charge is -2.25. The minimum Gasteiger partial charge on any atom is -0.313 e. The molecule has 5 nitrogen and oxygen atoms in total. The van der Waals surface area contributed by atoms with E-state index in [1.54, 1.807) is 11.1 Å². The van der Waals surface area contributed by atoms with Crippen molar-refractivity contribution in [1.82, 2.24) is 10.2 Å². The number of nitrogens with one attached hydrogen (secondary N) is 1. The van der Waals surface area contributed by atoms with Crippen molar-refractivity contribution < 1.29 is 9.63 Å². The Morgan fingerprint density at radius 3 is 2.71 bits per heavy atom. The fourth-order valence-electron chi connectivity index (χ4n) is 4.47. The van der Waals surface area contributed by atoms with Gasteiger partial charge >= 0.3 is 6.09 Å². The first-order chi connectivity index (χ1) is 16.0. The average Bonchev–Trinajstić information content (AvgIpc) is 3.22. The Morgan fingerprint density at radius 2 is 1.94 bits per heavy atom. The average molecular weight is 480 g/mol. The zero-order valence-electron chi connectivity index (χ0n) is 20.4. The second kappa shape index (κ2) is 11.5. The number of allylic oxidation sites excluding steroid dienone is 3. The van der Waals surface area contributed by atoms with E-state index in [1.165, 1.54) is 37.9 Å². The predicted octanol–water partition coefficient (Wildman–Crippen LogP) is 4.55. The highest BCUT2D eigenvalue weighted by Crippen LogP contribution is 2.24. The fourth-order valence-corrected chi connectivity index (χ4v) is 4.47. The number of amides is 1. The number of hydrogen-bond acceptors (Lipinski definition) is 4. The molecule has 0 aromatic heterocycles. The van der Waals surface area contributed by atoms with E-state index < -0.39 is 6.09 Å². The van der Waals surface area contributed by atoms with Gasteiger partial charge in [-0.1, -0.05) is 73.6 Å². The second-order valence-corrected chi connectivity index (χ2v) is 9.16. The van der Waals surface area contributed by atoms with E-state index in [2.05, 4.69) is 79.0 Å². The first kappa shape index (κ1) is 25.7. The van der Waals surface area contributed by atoms with Crippen molar-refractivity contribution in [2.45, 2.75) is 52.6 Å². The molecule has 1 N–H and O–H groups in total. The number of fused-ring (bicyclic) bond motifs is 5. The molecule has 0 heterocycles. The van der Waals surface area contributed by atoms with Crippen molar-refractivity contribution in [1.29, 1.82) is 0 Å². The third-order valence-corrected chi connectivity index (χ3v) is 6.20. The van der Waals surface area contributed by atoms with Gasteiger partial charge in [-0.25, -0.2) is 4.79 Å². The summed E-state index contributed by atoms with van der Waals surface area (Å²) in [5.74, 6) is 0. The maximum absolute atomic E-state index is 12.5. The van der Waals surface area contributed by atoms with E-state index in [0.29, 0.717) is 19.0 Å². The van der Waals surface area contributed by atoms with Crippen LogP contribution in [0.4, 0.5) is 4.79 Å². The third kappa shape index (κ3) is 5.60. The molecule has 6 heteroatoms. The normalized spacial score (nSPS) is 13.9. The standard InChI is InChI=1S/C28H33N3O2.ClH/c1-19(2)29-17-18-31(20(3)4)28(32)33-30-16-15-22-10-11-25-24(22)13-14-26-23-8-6-5-7-21(23)9-12-27(25)26;/h5-7,9-14,16,19-20,29H,8,15,17-18H2,1-4H3;1H. The molecule has 0 unspecified atom stereocenters. The van der Waals surface area contributed by atoms with Crippen LogP contribution >= 0.6 is 12.4 Å². The first-order valence-corrected chi connectivity index (χ1v) is 11.8. The van der Waals surface area contributed by atoms with Gasteiger partial charge in [0.05, 0.1) is 0 Å². The Kier molecular flexibility index (Phi) is 8.70. The minimum absolute atomic E-state index is 0. The van der Waals surface area contributed by atoms with E-state index in [-0.39, 0.29) is 18.4 Å². The number of carbonyl (C=O) groups excluding carboxylic acids is 1. The molecule has 1 amide bonds. The first-order valence-electron chi connectivity index (χ1n) is 11.8. The van der Waals surface area contributed by atoms with Gasteiger partial charge < -0.3 is 10.2 Å². The summed E-state index contributed by atoms with van der Waals surface area (Å²) in [4.78, 5) is 19.3. The largest absolute Gasteiger partial charge is 0.436 e. The van der Waals surface area contributed by atoms with Crippen molar-refractivity contribution in [2.24, 2.45) is 5.16 Å². The molecule has 180 valence electrons. The van der Waals surface area contributed by atoms with E-state index in [9.17, 15) is 4.79 Å². The molecule has 0 fully saturated rings. The monoisotopic (exact) mass is 479 g/mol. The van der Waals surface area contributed by atoms with Gasteiger partial charge in [-0.2, -0.15) is 0 Å². The summed E-state index contributed by atoms with van der Waals surface area (Å²) < 4.78 is 0. The van der Waals surface area contributed by atoms with E-state index in [4.69, 9.17) is 4.84 Å². The summed E-state index contributed by atoms with van der Waals surface area (Å²) in [5, 5.41) is 12.4. The summed E-state index contributed by atoms with van der Waals surface area (Å²) in [6, 6.07) is 9.30. The number of halogens is 1. The van der Waals surface area contributed by atoms with Gasteiger partial charge in [-0.15, -0.1) is 12.4 Å². The lowest BCUT2D eigenvalue weighted by atomic mass is 9.94. The zero-order valence-corrected chi connectivity index (χ0v) is 21.2. The number of rotatable bonds is 8. The predicted molar refractivity (Wildman–Crippen MR) is 145 cm³/mol. The van der Waals surface area contributed by atoms with Crippen LogP contribution in [0, 0.1) is 0 Å². The molecule has 34 heavy (non-hydrogen) atoms. The molecule has 0 saturated heterocycles. The zero-order chi connectivity index (χ0) is 23.4. The van der Waals surface area contributed by atoms with Gasteiger partial charge in [0.25, 0.3) is 0 Å².